The maximum absolute atomic E-state index is 11.9. The van der Waals surface area contributed by atoms with Gasteiger partial charge in [0.15, 0.2) is 0 Å². The molecule has 7 heteroatoms. The van der Waals surface area contributed by atoms with E-state index >= 15 is 0 Å². The molecule has 2 aromatic rings. The summed E-state index contributed by atoms with van der Waals surface area (Å²) < 4.78 is 0.501. The fourth-order valence-corrected chi connectivity index (χ4v) is 2.25. The lowest BCUT2D eigenvalue weighted by molar-refractivity contribution is -0.115. The largest absolute Gasteiger partial charge is 0.507 e. The van der Waals surface area contributed by atoms with Gasteiger partial charge in [-0.15, -0.1) is 0 Å². The number of anilines is 1. The molecule has 0 spiro atoms. The van der Waals surface area contributed by atoms with E-state index in [0.717, 1.165) is 5.56 Å². The molecule has 2 heterocycles. The summed E-state index contributed by atoms with van der Waals surface area (Å²) in [6.07, 6.45) is 3.23. The van der Waals surface area contributed by atoms with Crippen molar-refractivity contribution in [3.05, 3.63) is 40.6 Å². The Bertz CT molecular complexity index is 716. The highest BCUT2D eigenvalue weighted by atomic mass is 79.9. The molecule has 0 bridgehead atoms. The molecule has 6 nitrogen and oxygen atoms in total. The van der Waals surface area contributed by atoms with Crippen LogP contribution in [0.15, 0.2) is 40.1 Å². The summed E-state index contributed by atoms with van der Waals surface area (Å²) in [5.74, 6) is -0.104. The predicted molar refractivity (Wildman–Crippen MR) is 77.3 cm³/mol. The van der Waals surface area contributed by atoms with Crippen LogP contribution in [-0.4, -0.2) is 26.9 Å². The van der Waals surface area contributed by atoms with Crippen molar-refractivity contribution in [3.63, 3.8) is 0 Å². The van der Waals surface area contributed by atoms with E-state index in [0.29, 0.717) is 21.6 Å². The number of benzene rings is 1. The molecule has 20 heavy (non-hydrogen) atoms. The van der Waals surface area contributed by atoms with Crippen molar-refractivity contribution >= 4 is 38.9 Å². The third-order valence-electron chi connectivity index (χ3n) is 2.84. The molecule has 1 amide bonds. The molecule has 0 saturated heterocycles. The average Bonchev–Trinajstić information content (AvgIpc) is 2.59. The fourth-order valence-electron chi connectivity index (χ4n) is 1.90. The van der Waals surface area contributed by atoms with Crippen LogP contribution >= 0.6 is 15.9 Å². The molecule has 1 aliphatic rings. The second-order valence-electron chi connectivity index (χ2n) is 4.24. The van der Waals surface area contributed by atoms with E-state index in [9.17, 15) is 9.90 Å². The number of nitrogens with one attached hydrogen (secondary N) is 1. The van der Waals surface area contributed by atoms with Crippen LogP contribution in [0.2, 0.25) is 0 Å². The highest BCUT2D eigenvalue weighted by molar-refractivity contribution is 9.10. The van der Waals surface area contributed by atoms with Gasteiger partial charge in [0, 0.05) is 11.6 Å². The first-order valence-electron chi connectivity index (χ1n) is 5.80. The number of hydrogen-bond acceptors (Lipinski definition) is 5. The molecule has 0 aliphatic carbocycles. The zero-order chi connectivity index (χ0) is 14.1. The molecule has 2 N–H and O–H groups in total. The minimum atomic E-state index is -0.170. The Balaban J connectivity index is 2.14. The highest BCUT2D eigenvalue weighted by Crippen LogP contribution is 2.37. The number of aliphatic imine (C=N–C) groups is 1. The van der Waals surface area contributed by atoms with Gasteiger partial charge in [-0.1, -0.05) is 0 Å². The first-order valence-corrected chi connectivity index (χ1v) is 6.60. The van der Waals surface area contributed by atoms with Gasteiger partial charge in [0.1, 0.15) is 5.75 Å². The Morgan fingerprint density at radius 1 is 1.30 bits per heavy atom. The van der Waals surface area contributed by atoms with E-state index in [1.807, 2.05) is 0 Å². The summed E-state index contributed by atoms with van der Waals surface area (Å²) in [7, 11) is 0. The molecular weight excluding hydrogens is 324 g/mol. The molecular formula is C13H9BrN4O2. The first-order chi connectivity index (χ1) is 9.63. The van der Waals surface area contributed by atoms with Crippen LogP contribution in [0.5, 0.6) is 5.75 Å². The number of hydrogen-bond donors (Lipinski definition) is 2. The minimum absolute atomic E-state index is 0.0656. The number of aromatic nitrogens is 2. The smallest absolute Gasteiger partial charge is 0.230 e. The number of carbonyl (C=O) groups is 1. The molecule has 100 valence electrons. The van der Waals surface area contributed by atoms with Crippen molar-refractivity contribution in [2.75, 3.05) is 5.32 Å². The van der Waals surface area contributed by atoms with Crippen LogP contribution in [0.25, 0.3) is 0 Å². The van der Waals surface area contributed by atoms with Crippen molar-refractivity contribution in [2.24, 2.45) is 4.99 Å². The fraction of sp³-hybridized carbons (Fsp3) is 0.0769. The third kappa shape index (κ3) is 2.39. The van der Waals surface area contributed by atoms with Gasteiger partial charge in [0.25, 0.3) is 0 Å². The quantitative estimate of drug-likeness (QED) is 0.785. The van der Waals surface area contributed by atoms with Gasteiger partial charge in [0.2, 0.25) is 5.91 Å². The zero-order valence-corrected chi connectivity index (χ0v) is 11.8. The van der Waals surface area contributed by atoms with Crippen molar-refractivity contribution < 1.29 is 9.90 Å². The van der Waals surface area contributed by atoms with Gasteiger partial charge in [0.05, 0.1) is 40.4 Å². The van der Waals surface area contributed by atoms with Crippen LogP contribution < -0.4 is 5.32 Å². The lowest BCUT2D eigenvalue weighted by atomic mass is 10.1. The van der Waals surface area contributed by atoms with Crippen LogP contribution in [0.4, 0.5) is 11.4 Å². The molecule has 0 radical (unpaired) electrons. The first kappa shape index (κ1) is 12.7. The Hall–Kier alpha value is -2.28. The number of carbonyl (C=O) groups excluding carboxylic acids is 1. The number of fused-ring (bicyclic) bond motifs is 1. The van der Waals surface area contributed by atoms with Crippen molar-refractivity contribution in [3.8, 4) is 5.75 Å². The summed E-state index contributed by atoms with van der Waals surface area (Å²) in [6.45, 7) is 0. The van der Waals surface area contributed by atoms with E-state index in [4.69, 9.17) is 0 Å². The highest BCUT2D eigenvalue weighted by Gasteiger charge is 2.18. The van der Waals surface area contributed by atoms with E-state index in [2.05, 4.69) is 36.4 Å². The second-order valence-corrected chi connectivity index (χ2v) is 5.09. The Morgan fingerprint density at radius 3 is 2.90 bits per heavy atom. The SMILES string of the molecule is O=C1CC(c2ccnnc2)=Nc2cc(O)c(Br)cc2N1. The van der Waals surface area contributed by atoms with E-state index in [1.54, 1.807) is 24.5 Å². The molecule has 0 fully saturated rings. The van der Waals surface area contributed by atoms with Gasteiger partial charge >= 0.3 is 0 Å². The molecule has 1 aromatic heterocycles. The summed E-state index contributed by atoms with van der Waals surface area (Å²) in [6, 6.07) is 4.86. The van der Waals surface area contributed by atoms with Gasteiger partial charge in [-0.25, -0.2) is 4.99 Å². The van der Waals surface area contributed by atoms with Crippen LogP contribution in [-0.2, 0) is 4.79 Å². The Labute approximate surface area is 122 Å². The number of phenolic OH excluding ortho intramolecular Hbond substituents is 1. The van der Waals surface area contributed by atoms with Gasteiger partial charge in [-0.3, -0.25) is 4.79 Å². The standard InChI is InChI=1S/C13H9BrN4O2/c14-8-3-10-11(4-12(8)19)17-9(5-13(20)18-10)7-1-2-15-16-6-7/h1-4,6,19H,5H2,(H,18,20). The molecule has 0 unspecified atom stereocenters. The van der Waals surface area contributed by atoms with E-state index < -0.39 is 0 Å². The summed E-state index contributed by atoms with van der Waals surface area (Å²) in [4.78, 5) is 16.4. The molecule has 1 aromatic carbocycles. The number of aromatic hydroxyl groups is 1. The number of phenols is 1. The topological polar surface area (TPSA) is 87.5 Å². The van der Waals surface area contributed by atoms with Crippen LogP contribution in [0, 0.1) is 0 Å². The molecule has 3 rings (SSSR count). The van der Waals surface area contributed by atoms with Gasteiger partial charge < -0.3 is 10.4 Å². The summed E-state index contributed by atoms with van der Waals surface area (Å²) in [5, 5.41) is 20.0. The van der Waals surface area contributed by atoms with Gasteiger partial charge in [-0.05, 0) is 28.1 Å². The molecule has 0 atom stereocenters. The molecule has 0 saturated carbocycles. The van der Waals surface area contributed by atoms with E-state index in [-0.39, 0.29) is 18.1 Å². The molecule has 1 aliphatic heterocycles. The third-order valence-corrected chi connectivity index (χ3v) is 3.48. The summed E-state index contributed by atoms with van der Waals surface area (Å²) in [5.41, 5.74) is 2.36. The lowest BCUT2D eigenvalue weighted by Crippen LogP contribution is -2.15. The second kappa shape index (κ2) is 5.01. The van der Waals surface area contributed by atoms with Crippen LogP contribution in [0.3, 0.4) is 0 Å². The van der Waals surface area contributed by atoms with Crippen LogP contribution in [0.1, 0.15) is 12.0 Å². The monoisotopic (exact) mass is 332 g/mol. The predicted octanol–water partition coefficient (Wildman–Crippen LogP) is 2.41. The normalized spacial score (nSPS) is 14.1. The number of rotatable bonds is 1. The number of halogens is 1. The average molecular weight is 333 g/mol. The minimum Gasteiger partial charge on any atom is -0.507 e. The van der Waals surface area contributed by atoms with E-state index in [1.165, 1.54) is 6.07 Å². The Kier molecular flexibility index (Phi) is 3.19. The maximum atomic E-state index is 11.9. The van der Waals surface area contributed by atoms with Crippen molar-refractivity contribution in [1.82, 2.24) is 10.2 Å². The number of amides is 1. The zero-order valence-electron chi connectivity index (χ0n) is 10.2. The summed E-state index contributed by atoms with van der Waals surface area (Å²) >= 11 is 3.21. The number of nitrogens with zero attached hydrogens (tertiary/aromatic N) is 3. The maximum Gasteiger partial charge on any atom is 0.230 e. The van der Waals surface area contributed by atoms with Crippen molar-refractivity contribution in [1.29, 1.82) is 0 Å². The Morgan fingerprint density at radius 2 is 2.15 bits per heavy atom. The lowest BCUT2D eigenvalue weighted by Gasteiger charge is -2.06. The van der Waals surface area contributed by atoms with Crippen molar-refractivity contribution in [2.45, 2.75) is 6.42 Å². The van der Waals surface area contributed by atoms with Gasteiger partial charge in [-0.2, -0.15) is 10.2 Å².